The Labute approximate surface area is 125 Å². The molecule has 1 atom stereocenters. The molecule has 1 aliphatic rings. The third-order valence-electron chi connectivity index (χ3n) is 3.63. The summed E-state index contributed by atoms with van der Waals surface area (Å²) in [5.74, 6) is 1.36. The number of hydrogen-bond acceptors (Lipinski definition) is 6. The summed E-state index contributed by atoms with van der Waals surface area (Å²) < 4.78 is 5.20. The quantitative estimate of drug-likeness (QED) is 0.822. The van der Waals surface area contributed by atoms with Crippen molar-refractivity contribution in [2.45, 2.75) is 45.6 Å². The van der Waals surface area contributed by atoms with Gasteiger partial charge in [0.05, 0.1) is 6.61 Å². The van der Waals surface area contributed by atoms with E-state index in [-0.39, 0.29) is 12.0 Å². The lowest BCUT2D eigenvalue weighted by atomic mass is 10.0. The Balaban J connectivity index is 2.26. The Morgan fingerprint density at radius 3 is 3.00 bits per heavy atom. The van der Waals surface area contributed by atoms with Crippen LogP contribution in [0, 0.1) is 6.92 Å². The van der Waals surface area contributed by atoms with Gasteiger partial charge in [0.25, 0.3) is 0 Å². The lowest BCUT2D eigenvalue weighted by Crippen LogP contribution is -2.46. The number of aryl methyl sites for hydroxylation is 1. The highest BCUT2D eigenvalue weighted by Crippen LogP contribution is 2.24. The van der Waals surface area contributed by atoms with Crippen LogP contribution >= 0.6 is 0 Å². The zero-order valence-corrected chi connectivity index (χ0v) is 12.8. The normalized spacial score (nSPS) is 18.6. The van der Waals surface area contributed by atoms with Crippen LogP contribution in [0.1, 0.15) is 37.7 Å². The minimum atomic E-state index is -0.237. The Morgan fingerprint density at radius 2 is 2.29 bits per heavy atom. The van der Waals surface area contributed by atoms with E-state index in [1.807, 2.05) is 19.9 Å². The van der Waals surface area contributed by atoms with Crippen LogP contribution in [-0.4, -0.2) is 41.7 Å². The molecule has 0 unspecified atom stereocenters. The van der Waals surface area contributed by atoms with Crippen molar-refractivity contribution in [3.05, 3.63) is 17.6 Å². The monoisotopic (exact) mass is 292 g/mol. The molecule has 1 saturated heterocycles. The second-order valence-corrected chi connectivity index (χ2v) is 5.26. The molecule has 0 spiro atoms. The van der Waals surface area contributed by atoms with Gasteiger partial charge in [0.15, 0.2) is 0 Å². The zero-order chi connectivity index (χ0) is 15.2. The summed E-state index contributed by atoms with van der Waals surface area (Å²) in [5, 5.41) is 0. The Bertz CT molecular complexity index is 493. The van der Waals surface area contributed by atoms with Crippen molar-refractivity contribution in [1.29, 1.82) is 0 Å². The van der Waals surface area contributed by atoms with Crippen molar-refractivity contribution in [3.63, 3.8) is 0 Å². The van der Waals surface area contributed by atoms with Gasteiger partial charge in [0.1, 0.15) is 17.7 Å². The number of hydrogen-bond donors (Lipinski definition) is 1. The van der Waals surface area contributed by atoms with Gasteiger partial charge in [0, 0.05) is 24.7 Å². The Kier molecular flexibility index (Phi) is 5.50. The molecule has 116 valence electrons. The number of rotatable bonds is 5. The highest BCUT2D eigenvalue weighted by atomic mass is 16.5. The van der Waals surface area contributed by atoms with Gasteiger partial charge in [-0.15, -0.1) is 0 Å². The molecule has 0 aliphatic carbocycles. The maximum atomic E-state index is 12.2. The van der Waals surface area contributed by atoms with Gasteiger partial charge < -0.3 is 15.4 Å². The van der Waals surface area contributed by atoms with Gasteiger partial charge in [-0.1, -0.05) is 0 Å². The molecule has 1 aromatic heterocycles. The summed E-state index contributed by atoms with van der Waals surface area (Å²) in [6.45, 7) is 5.48. The molecule has 2 heterocycles. The van der Waals surface area contributed by atoms with E-state index in [9.17, 15) is 4.79 Å². The first-order valence-electron chi connectivity index (χ1n) is 7.63. The molecule has 1 aromatic rings. The van der Waals surface area contributed by atoms with Gasteiger partial charge in [-0.05, 0) is 39.7 Å². The number of esters is 1. The zero-order valence-electron chi connectivity index (χ0n) is 12.8. The molecule has 6 heteroatoms. The molecule has 2 N–H and O–H groups in total. The van der Waals surface area contributed by atoms with Crippen LogP contribution in [0.5, 0.6) is 0 Å². The largest absolute Gasteiger partial charge is 0.464 e. The van der Waals surface area contributed by atoms with Crippen LogP contribution in [0.15, 0.2) is 6.07 Å². The fraction of sp³-hybridized carbons (Fsp3) is 0.667. The summed E-state index contributed by atoms with van der Waals surface area (Å²) >= 11 is 0. The number of aromatic nitrogens is 2. The van der Waals surface area contributed by atoms with Crippen molar-refractivity contribution in [1.82, 2.24) is 9.97 Å². The first-order chi connectivity index (χ1) is 10.2. The maximum absolute atomic E-state index is 12.2. The van der Waals surface area contributed by atoms with Crippen molar-refractivity contribution in [2.75, 3.05) is 24.6 Å². The predicted molar refractivity (Wildman–Crippen MR) is 81.1 cm³/mol. The molecule has 2 rings (SSSR count). The van der Waals surface area contributed by atoms with Gasteiger partial charge in [-0.2, -0.15) is 0 Å². The minimum Gasteiger partial charge on any atom is -0.464 e. The highest BCUT2D eigenvalue weighted by Gasteiger charge is 2.31. The number of ether oxygens (including phenoxy) is 1. The molecular formula is C15H24N4O2. The number of piperidine rings is 1. The fourth-order valence-electron chi connectivity index (χ4n) is 2.72. The van der Waals surface area contributed by atoms with E-state index in [1.54, 1.807) is 0 Å². The van der Waals surface area contributed by atoms with E-state index in [1.165, 1.54) is 0 Å². The fourth-order valence-corrected chi connectivity index (χ4v) is 2.72. The minimum absolute atomic E-state index is 0.158. The smallest absolute Gasteiger partial charge is 0.328 e. The number of anilines is 1. The first-order valence-corrected chi connectivity index (χ1v) is 7.63. The standard InChI is InChI=1S/C15H24N4O2/c1-3-21-15(20)13-6-4-5-9-19(13)14-10-12(7-8-16)17-11(2)18-14/h10,13H,3-9,16H2,1-2H3/t13-/m1/s1. The molecule has 0 saturated carbocycles. The van der Waals surface area contributed by atoms with Gasteiger partial charge >= 0.3 is 5.97 Å². The SMILES string of the molecule is CCOC(=O)[C@H]1CCCCN1c1cc(CCN)nc(C)n1. The number of carbonyl (C=O) groups excluding carboxylic acids is 1. The lowest BCUT2D eigenvalue weighted by Gasteiger charge is -2.35. The van der Waals surface area contributed by atoms with Crippen LogP contribution in [0.2, 0.25) is 0 Å². The summed E-state index contributed by atoms with van der Waals surface area (Å²) in [4.78, 5) is 23.1. The molecule has 21 heavy (non-hydrogen) atoms. The molecule has 0 bridgehead atoms. The van der Waals surface area contributed by atoms with Crippen molar-refractivity contribution in [2.24, 2.45) is 5.73 Å². The molecule has 6 nitrogen and oxygen atoms in total. The number of nitrogens with two attached hydrogens (primary N) is 1. The van der Waals surface area contributed by atoms with E-state index < -0.39 is 0 Å². The third kappa shape index (κ3) is 3.91. The van der Waals surface area contributed by atoms with Gasteiger partial charge in [-0.25, -0.2) is 14.8 Å². The summed E-state index contributed by atoms with van der Waals surface area (Å²) in [7, 11) is 0. The second-order valence-electron chi connectivity index (χ2n) is 5.26. The lowest BCUT2D eigenvalue weighted by molar-refractivity contribution is -0.145. The topological polar surface area (TPSA) is 81.3 Å². The molecular weight excluding hydrogens is 268 g/mol. The van der Waals surface area contributed by atoms with Crippen LogP contribution in [0.25, 0.3) is 0 Å². The van der Waals surface area contributed by atoms with Gasteiger partial charge in [0.2, 0.25) is 0 Å². The Hall–Kier alpha value is -1.69. The highest BCUT2D eigenvalue weighted by molar-refractivity contribution is 5.80. The van der Waals surface area contributed by atoms with Crippen LogP contribution in [0.3, 0.4) is 0 Å². The van der Waals surface area contributed by atoms with E-state index >= 15 is 0 Å². The van der Waals surface area contributed by atoms with E-state index in [2.05, 4.69) is 14.9 Å². The molecule has 0 radical (unpaired) electrons. The maximum Gasteiger partial charge on any atom is 0.328 e. The summed E-state index contributed by atoms with van der Waals surface area (Å²) in [6.07, 6.45) is 3.63. The average molecular weight is 292 g/mol. The number of nitrogens with zero attached hydrogens (tertiary/aromatic N) is 3. The molecule has 0 amide bonds. The average Bonchev–Trinajstić information content (AvgIpc) is 2.47. The third-order valence-corrected chi connectivity index (χ3v) is 3.63. The van der Waals surface area contributed by atoms with Crippen molar-refractivity contribution in [3.8, 4) is 0 Å². The molecule has 1 aliphatic heterocycles. The van der Waals surface area contributed by atoms with Gasteiger partial charge in [-0.3, -0.25) is 0 Å². The van der Waals surface area contributed by atoms with Crippen molar-refractivity contribution < 1.29 is 9.53 Å². The summed E-state index contributed by atoms with van der Waals surface area (Å²) in [5.41, 5.74) is 6.53. The van der Waals surface area contributed by atoms with Crippen LogP contribution in [0.4, 0.5) is 5.82 Å². The van der Waals surface area contributed by atoms with E-state index in [0.717, 1.165) is 37.3 Å². The Morgan fingerprint density at radius 1 is 1.48 bits per heavy atom. The van der Waals surface area contributed by atoms with Crippen LogP contribution in [-0.2, 0) is 16.0 Å². The van der Waals surface area contributed by atoms with E-state index in [4.69, 9.17) is 10.5 Å². The first kappa shape index (κ1) is 15.7. The van der Waals surface area contributed by atoms with Crippen molar-refractivity contribution >= 4 is 11.8 Å². The molecule has 0 aromatic carbocycles. The van der Waals surface area contributed by atoms with Crippen LogP contribution < -0.4 is 10.6 Å². The van der Waals surface area contributed by atoms with E-state index in [0.29, 0.717) is 25.4 Å². The number of carbonyl (C=O) groups is 1. The second kappa shape index (κ2) is 7.36. The summed E-state index contributed by atoms with van der Waals surface area (Å²) in [6, 6.07) is 1.70. The predicted octanol–water partition coefficient (Wildman–Crippen LogP) is 1.21. The molecule has 1 fully saturated rings.